The molecule has 0 aliphatic carbocycles. The molecule has 0 bridgehead atoms. The van der Waals surface area contributed by atoms with E-state index in [1.165, 1.54) is 10.6 Å². The zero-order valence-corrected chi connectivity index (χ0v) is 20.4. The highest BCUT2D eigenvalue weighted by Crippen LogP contribution is 2.39. The highest BCUT2D eigenvalue weighted by atomic mass is 19.4. The van der Waals surface area contributed by atoms with Crippen LogP contribution in [0.5, 0.6) is 5.88 Å². The second-order valence-electron chi connectivity index (χ2n) is 8.69. The van der Waals surface area contributed by atoms with Crippen molar-refractivity contribution in [3.63, 3.8) is 0 Å². The van der Waals surface area contributed by atoms with Gasteiger partial charge < -0.3 is 16.2 Å². The summed E-state index contributed by atoms with van der Waals surface area (Å²) in [6, 6.07) is 16.2. The molecule has 0 aliphatic rings. The van der Waals surface area contributed by atoms with Gasteiger partial charge in [-0.1, -0.05) is 42.5 Å². The highest BCUT2D eigenvalue weighted by molar-refractivity contribution is 6.21. The maximum atomic E-state index is 13.7. The van der Waals surface area contributed by atoms with E-state index in [9.17, 15) is 27.9 Å². The SMILES string of the molecule is Cc1cc(C)cc(-n2c(O)c(C(=NNC(=O)CNC(N)=O)c3ccccc3)c3ccc(C(F)(F)F)cc32)c1. The smallest absolute Gasteiger partial charge is 0.416 e. The zero-order valence-electron chi connectivity index (χ0n) is 20.4. The summed E-state index contributed by atoms with van der Waals surface area (Å²) in [4.78, 5) is 23.2. The number of hydrogen-bond donors (Lipinski definition) is 4. The molecule has 0 fully saturated rings. The van der Waals surface area contributed by atoms with Crippen molar-refractivity contribution in [2.45, 2.75) is 20.0 Å². The van der Waals surface area contributed by atoms with E-state index in [4.69, 9.17) is 5.73 Å². The standard InChI is InChI=1S/C27H24F3N5O3/c1-15-10-16(2)12-19(11-15)35-21-13-18(27(28,29)30)8-9-20(21)23(25(35)37)24(17-6-4-3-5-7-17)34-33-22(36)14-32-26(31)38/h3-13,37H,14H2,1-2H3,(H,33,36)(H3,31,32,38). The monoisotopic (exact) mass is 523 g/mol. The average Bonchev–Trinajstić information content (AvgIpc) is 3.13. The van der Waals surface area contributed by atoms with Crippen molar-refractivity contribution >= 4 is 28.6 Å². The molecule has 0 saturated carbocycles. The molecule has 0 spiro atoms. The number of nitrogens with two attached hydrogens (primary N) is 1. The Balaban J connectivity index is 1.99. The van der Waals surface area contributed by atoms with Crippen LogP contribution in [0, 0.1) is 13.8 Å². The number of aromatic hydroxyl groups is 1. The van der Waals surface area contributed by atoms with Crippen LogP contribution in [0.4, 0.5) is 18.0 Å². The maximum Gasteiger partial charge on any atom is 0.416 e. The Morgan fingerprint density at radius 2 is 1.66 bits per heavy atom. The molecule has 1 aromatic heterocycles. The summed E-state index contributed by atoms with van der Waals surface area (Å²) >= 11 is 0. The summed E-state index contributed by atoms with van der Waals surface area (Å²) in [6.07, 6.45) is -4.61. The summed E-state index contributed by atoms with van der Waals surface area (Å²) < 4.78 is 42.3. The molecule has 0 atom stereocenters. The molecule has 4 aromatic rings. The van der Waals surface area contributed by atoms with Crippen LogP contribution in [0.15, 0.2) is 71.8 Å². The van der Waals surface area contributed by atoms with E-state index in [1.807, 2.05) is 19.9 Å². The molecule has 0 saturated heterocycles. The van der Waals surface area contributed by atoms with Gasteiger partial charge in [0.1, 0.15) is 12.3 Å². The van der Waals surface area contributed by atoms with Gasteiger partial charge in [0.05, 0.1) is 16.6 Å². The van der Waals surface area contributed by atoms with Gasteiger partial charge in [-0.2, -0.15) is 18.3 Å². The molecule has 1 heterocycles. The molecule has 0 unspecified atom stereocenters. The predicted molar refractivity (Wildman–Crippen MR) is 137 cm³/mol. The summed E-state index contributed by atoms with van der Waals surface area (Å²) in [6.45, 7) is 3.23. The first kappa shape index (κ1) is 26.3. The molecule has 8 nitrogen and oxygen atoms in total. The van der Waals surface area contributed by atoms with Gasteiger partial charge in [-0.15, -0.1) is 0 Å². The lowest BCUT2D eigenvalue weighted by Gasteiger charge is -2.12. The average molecular weight is 524 g/mol. The normalized spacial score (nSPS) is 12.0. The highest BCUT2D eigenvalue weighted by Gasteiger charge is 2.32. The molecule has 196 valence electrons. The number of alkyl halides is 3. The number of nitrogens with one attached hydrogen (secondary N) is 2. The van der Waals surface area contributed by atoms with Crippen molar-refractivity contribution in [2.24, 2.45) is 10.8 Å². The first-order valence-electron chi connectivity index (χ1n) is 11.4. The molecular weight excluding hydrogens is 499 g/mol. The molecular formula is C27H24F3N5O3. The number of aromatic nitrogens is 1. The number of primary amides is 1. The van der Waals surface area contributed by atoms with Crippen LogP contribution in [0.25, 0.3) is 16.6 Å². The summed E-state index contributed by atoms with van der Waals surface area (Å²) in [5.74, 6) is -1.06. The Bertz CT molecular complexity index is 1540. The number of hydrogen-bond acceptors (Lipinski definition) is 4. The molecule has 0 radical (unpaired) electrons. The van der Waals surface area contributed by atoms with Gasteiger partial charge in [0.25, 0.3) is 5.91 Å². The number of halogens is 3. The molecule has 0 aliphatic heterocycles. The Labute approximate surface area is 215 Å². The lowest BCUT2D eigenvalue weighted by atomic mass is 10.0. The maximum absolute atomic E-state index is 13.7. The molecule has 3 amide bonds. The van der Waals surface area contributed by atoms with E-state index in [0.717, 1.165) is 23.3 Å². The number of carbonyl (C=O) groups is 2. The third kappa shape index (κ3) is 5.46. The van der Waals surface area contributed by atoms with E-state index < -0.39 is 30.2 Å². The summed E-state index contributed by atoms with van der Waals surface area (Å²) in [7, 11) is 0. The van der Waals surface area contributed by atoms with Gasteiger partial charge in [-0.05, 0) is 49.2 Å². The second kappa shape index (κ2) is 10.3. The van der Waals surface area contributed by atoms with Gasteiger partial charge in [-0.25, -0.2) is 10.2 Å². The van der Waals surface area contributed by atoms with Crippen LogP contribution < -0.4 is 16.5 Å². The Morgan fingerprint density at radius 3 is 2.26 bits per heavy atom. The minimum Gasteiger partial charge on any atom is -0.494 e. The van der Waals surface area contributed by atoms with E-state index in [-0.39, 0.29) is 28.1 Å². The number of fused-ring (bicyclic) bond motifs is 1. The zero-order chi connectivity index (χ0) is 27.6. The largest absolute Gasteiger partial charge is 0.494 e. The Hall–Kier alpha value is -4.80. The number of carbonyl (C=O) groups excluding carboxylic acids is 2. The predicted octanol–water partition coefficient (Wildman–Crippen LogP) is 4.51. The third-order valence-electron chi connectivity index (χ3n) is 5.73. The van der Waals surface area contributed by atoms with E-state index in [0.29, 0.717) is 11.3 Å². The van der Waals surface area contributed by atoms with Gasteiger partial charge in [-0.3, -0.25) is 9.36 Å². The van der Waals surface area contributed by atoms with Crippen LogP contribution in [-0.4, -0.2) is 33.9 Å². The van der Waals surface area contributed by atoms with Crippen molar-refractivity contribution < 1.29 is 27.9 Å². The van der Waals surface area contributed by atoms with Gasteiger partial charge in [0, 0.05) is 16.6 Å². The third-order valence-corrected chi connectivity index (χ3v) is 5.73. The fourth-order valence-corrected chi connectivity index (χ4v) is 4.21. The van der Waals surface area contributed by atoms with Crippen LogP contribution in [0.2, 0.25) is 0 Å². The van der Waals surface area contributed by atoms with E-state index in [1.54, 1.807) is 42.5 Å². The van der Waals surface area contributed by atoms with Crippen LogP contribution in [-0.2, 0) is 11.0 Å². The quantitative estimate of drug-likeness (QED) is 0.220. The van der Waals surface area contributed by atoms with E-state index >= 15 is 0 Å². The number of aryl methyl sites for hydroxylation is 2. The van der Waals surface area contributed by atoms with Crippen LogP contribution in [0.1, 0.15) is 27.8 Å². The number of nitrogens with zero attached hydrogens (tertiary/aromatic N) is 2. The molecule has 3 aromatic carbocycles. The van der Waals surface area contributed by atoms with Crippen molar-refractivity contribution in [1.82, 2.24) is 15.3 Å². The van der Waals surface area contributed by atoms with Crippen molar-refractivity contribution in [3.05, 3.63) is 94.5 Å². The minimum atomic E-state index is -4.61. The molecule has 4 rings (SSSR count). The van der Waals surface area contributed by atoms with Crippen molar-refractivity contribution in [1.29, 1.82) is 0 Å². The molecule has 38 heavy (non-hydrogen) atoms. The first-order valence-corrected chi connectivity index (χ1v) is 11.4. The van der Waals surface area contributed by atoms with Gasteiger partial charge in [0.2, 0.25) is 5.88 Å². The summed E-state index contributed by atoms with van der Waals surface area (Å²) in [5.41, 5.74) is 9.37. The lowest BCUT2D eigenvalue weighted by molar-refractivity contribution is -0.137. The van der Waals surface area contributed by atoms with Gasteiger partial charge in [0.15, 0.2) is 0 Å². The topological polar surface area (TPSA) is 122 Å². The van der Waals surface area contributed by atoms with Gasteiger partial charge >= 0.3 is 12.2 Å². The number of urea groups is 1. The number of rotatable bonds is 6. The van der Waals surface area contributed by atoms with Crippen LogP contribution >= 0.6 is 0 Å². The number of benzene rings is 3. The van der Waals surface area contributed by atoms with E-state index in [2.05, 4.69) is 15.8 Å². The first-order chi connectivity index (χ1) is 18.0. The van der Waals surface area contributed by atoms with Crippen molar-refractivity contribution in [3.8, 4) is 11.6 Å². The summed E-state index contributed by atoms with van der Waals surface area (Å²) in [5, 5.41) is 18.1. The lowest BCUT2D eigenvalue weighted by Crippen LogP contribution is -2.38. The van der Waals surface area contributed by atoms with Crippen molar-refractivity contribution in [2.75, 3.05) is 6.54 Å². The number of hydrazone groups is 1. The minimum absolute atomic E-state index is 0.0997. The van der Waals surface area contributed by atoms with Crippen LogP contribution in [0.3, 0.4) is 0 Å². The molecule has 5 N–H and O–H groups in total. The Kier molecular flexibility index (Phi) is 7.11. The second-order valence-corrected chi connectivity index (χ2v) is 8.69. The fraction of sp³-hybridized carbons (Fsp3) is 0.148. The number of amides is 3. The molecule has 11 heteroatoms. The fourth-order valence-electron chi connectivity index (χ4n) is 4.21. The Morgan fingerprint density at radius 1 is 1.00 bits per heavy atom.